The monoisotopic (exact) mass is 488 g/mol. The molecule has 1 aromatic rings. The molecule has 2 aliphatic heterocycles. The number of fused-ring (bicyclic) bond motifs is 3. The number of carbonyl (C=O) groups is 2. The molecular formula is C26H36N2O7. The number of rotatable bonds is 10. The molecule has 3 aliphatic rings. The molecular weight excluding hydrogens is 452 g/mol. The fourth-order valence-electron chi connectivity index (χ4n) is 5.11. The molecule has 0 radical (unpaired) electrons. The van der Waals surface area contributed by atoms with Crippen LogP contribution in [0.3, 0.4) is 0 Å². The van der Waals surface area contributed by atoms with E-state index in [0.717, 1.165) is 12.0 Å². The number of aliphatic hydroxyl groups excluding tert-OH is 2. The van der Waals surface area contributed by atoms with Gasteiger partial charge in [0.15, 0.2) is 0 Å². The molecule has 1 aromatic carbocycles. The molecule has 2 amide bonds. The number of amides is 2. The van der Waals surface area contributed by atoms with Gasteiger partial charge in [-0.25, -0.2) is 0 Å². The molecule has 3 N–H and O–H groups in total. The van der Waals surface area contributed by atoms with Gasteiger partial charge in [0, 0.05) is 37.4 Å². The van der Waals surface area contributed by atoms with Crippen LogP contribution in [0.25, 0.3) is 0 Å². The average molecular weight is 489 g/mol. The van der Waals surface area contributed by atoms with Crippen LogP contribution in [0.1, 0.15) is 44.6 Å². The number of hydrogen-bond donors (Lipinski definition) is 3. The van der Waals surface area contributed by atoms with Gasteiger partial charge < -0.3 is 34.6 Å². The van der Waals surface area contributed by atoms with Crippen LogP contribution < -0.4 is 10.1 Å². The van der Waals surface area contributed by atoms with Crippen molar-refractivity contribution in [1.82, 2.24) is 10.2 Å². The number of hydrogen-bond acceptors (Lipinski definition) is 7. The lowest BCUT2D eigenvalue weighted by Crippen LogP contribution is -2.57. The molecule has 0 aromatic heterocycles. The van der Waals surface area contributed by atoms with E-state index in [2.05, 4.69) is 5.32 Å². The first-order chi connectivity index (χ1) is 16.9. The summed E-state index contributed by atoms with van der Waals surface area (Å²) >= 11 is 0. The third-order valence-electron chi connectivity index (χ3n) is 6.72. The zero-order chi connectivity index (χ0) is 24.9. The first-order valence-corrected chi connectivity index (χ1v) is 12.5. The number of para-hydroxylation sites is 1. The number of nitrogens with one attached hydrogen (secondary N) is 1. The molecule has 1 saturated heterocycles. The molecule has 2 heterocycles. The highest BCUT2D eigenvalue weighted by Crippen LogP contribution is 2.47. The molecule has 5 unspecified atom stereocenters. The zero-order valence-corrected chi connectivity index (χ0v) is 20.4. The van der Waals surface area contributed by atoms with Crippen LogP contribution in [0, 0.1) is 0 Å². The van der Waals surface area contributed by atoms with E-state index in [0.29, 0.717) is 43.9 Å². The summed E-state index contributed by atoms with van der Waals surface area (Å²) in [6.07, 6.45) is 1.46. The highest BCUT2D eigenvalue weighted by atomic mass is 16.5. The van der Waals surface area contributed by atoms with Crippen LogP contribution >= 0.6 is 0 Å². The lowest BCUT2D eigenvalue weighted by molar-refractivity contribution is -0.147. The van der Waals surface area contributed by atoms with E-state index in [1.807, 2.05) is 38.1 Å². The highest BCUT2D eigenvalue weighted by molar-refractivity contribution is 5.96. The first kappa shape index (κ1) is 25.6. The summed E-state index contributed by atoms with van der Waals surface area (Å²) in [6, 6.07) is 6.65. The van der Waals surface area contributed by atoms with Crippen molar-refractivity contribution in [2.24, 2.45) is 0 Å². The Hall–Kier alpha value is -2.46. The van der Waals surface area contributed by atoms with Gasteiger partial charge in [-0.2, -0.15) is 0 Å². The predicted molar refractivity (Wildman–Crippen MR) is 128 cm³/mol. The second-order valence-corrected chi connectivity index (χ2v) is 9.49. The van der Waals surface area contributed by atoms with Crippen molar-refractivity contribution in [1.29, 1.82) is 0 Å². The molecule has 0 bridgehead atoms. The van der Waals surface area contributed by atoms with E-state index in [1.165, 1.54) is 0 Å². The van der Waals surface area contributed by atoms with Crippen LogP contribution in [0.5, 0.6) is 5.75 Å². The summed E-state index contributed by atoms with van der Waals surface area (Å²) in [7, 11) is 0. The number of ether oxygens (including phenoxy) is 3. The Balaban J connectivity index is 1.66. The van der Waals surface area contributed by atoms with Gasteiger partial charge in [0.2, 0.25) is 5.91 Å². The standard InChI is InChI=1S/C26H36N2O7/c1-16(2)33-14-6-11-28(26(32)21-9-5-13-34-21)19-15-18(25(31)27-10-12-29)22-17-7-3-4-8-20(17)35-24(22)23(19)30/h3-4,7-8,15-16,19,21-24,29-30H,5-6,9-14H2,1-2H3,(H,27,31). The predicted octanol–water partition coefficient (Wildman–Crippen LogP) is 1.13. The van der Waals surface area contributed by atoms with Gasteiger partial charge in [0.05, 0.1) is 24.7 Å². The minimum absolute atomic E-state index is 0.0745. The van der Waals surface area contributed by atoms with Crippen molar-refractivity contribution >= 4 is 11.8 Å². The quantitative estimate of drug-likeness (QED) is 0.423. The molecule has 5 atom stereocenters. The summed E-state index contributed by atoms with van der Waals surface area (Å²) in [5.41, 5.74) is 1.25. The summed E-state index contributed by atoms with van der Waals surface area (Å²) in [5.74, 6) is -0.402. The Bertz CT molecular complexity index is 928. The Morgan fingerprint density at radius 2 is 2.09 bits per heavy atom. The SMILES string of the molecule is CC(C)OCCCN(C(=O)C1CCCO1)C1C=C(C(=O)NCCO)C2c3ccccc3OC2C1O. The molecule has 192 valence electrons. The summed E-state index contributed by atoms with van der Waals surface area (Å²) in [6.45, 7) is 5.17. The lowest BCUT2D eigenvalue weighted by Gasteiger charge is -2.41. The number of nitrogens with zero attached hydrogens (tertiary/aromatic N) is 1. The van der Waals surface area contributed by atoms with Gasteiger partial charge in [-0.05, 0) is 45.3 Å². The van der Waals surface area contributed by atoms with E-state index >= 15 is 0 Å². The van der Waals surface area contributed by atoms with Crippen molar-refractivity contribution in [2.75, 3.05) is 32.9 Å². The summed E-state index contributed by atoms with van der Waals surface area (Å²) < 4.78 is 17.5. The Labute approximate surface area is 206 Å². The second kappa shape index (κ2) is 11.5. The molecule has 0 spiro atoms. The fourth-order valence-corrected chi connectivity index (χ4v) is 5.11. The van der Waals surface area contributed by atoms with Crippen molar-refractivity contribution < 1.29 is 34.0 Å². The molecule has 1 fully saturated rings. The van der Waals surface area contributed by atoms with E-state index in [4.69, 9.17) is 14.2 Å². The number of aliphatic hydroxyl groups is 2. The van der Waals surface area contributed by atoms with Gasteiger partial charge in [-0.15, -0.1) is 0 Å². The molecule has 1 aliphatic carbocycles. The maximum Gasteiger partial charge on any atom is 0.252 e. The molecule has 9 nitrogen and oxygen atoms in total. The van der Waals surface area contributed by atoms with Gasteiger partial charge in [-0.3, -0.25) is 9.59 Å². The van der Waals surface area contributed by atoms with Crippen LogP contribution in [0.4, 0.5) is 0 Å². The van der Waals surface area contributed by atoms with Crippen molar-refractivity contribution in [3.05, 3.63) is 41.5 Å². The Morgan fingerprint density at radius 1 is 1.29 bits per heavy atom. The van der Waals surface area contributed by atoms with E-state index in [9.17, 15) is 19.8 Å². The van der Waals surface area contributed by atoms with Crippen molar-refractivity contribution in [3.63, 3.8) is 0 Å². The average Bonchev–Trinajstić information content (AvgIpc) is 3.52. The maximum absolute atomic E-state index is 13.5. The van der Waals surface area contributed by atoms with E-state index in [-0.39, 0.29) is 31.1 Å². The largest absolute Gasteiger partial charge is 0.486 e. The number of benzene rings is 1. The van der Waals surface area contributed by atoms with E-state index in [1.54, 1.807) is 11.0 Å². The maximum atomic E-state index is 13.5. The Kier molecular flexibility index (Phi) is 8.43. The minimum atomic E-state index is -1.04. The third-order valence-corrected chi connectivity index (χ3v) is 6.72. The fraction of sp³-hybridized carbons (Fsp3) is 0.615. The molecule has 9 heteroatoms. The lowest BCUT2D eigenvalue weighted by atomic mass is 9.77. The van der Waals surface area contributed by atoms with Gasteiger partial charge in [-0.1, -0.05) is 18.2 Å². The second-order valence-electron chi connectivity index (χ2n) is 9.49. The molecule has 35 heavy (non-hydrogen) atoms. The highest BCUT2D eigenvalue weighted by Gasteiger charge is 2.50. The van der Waals surface area contributed by atoms with Crippen LogP contribution in [0.15, 0.2) is 35.9 Å². The van der Waals surface area contributed by atoms with Crippen molar-refractivity contribution in [3.8, 4) is 5.75 Å². The van der Waals surface area contributed by atoms with Gasteiger partial charge >= 0.3 is 0 Å². The normalized spacial score (nSPS) is 27.1. The molecule has 4 rings (SSSR count). The minimum Gasteiger partial charge on any atom is -0.486 e. The zero-order valence-electron chi connectivity index (χ0n) is 20.4. The Morgan fingerprint density at radius 3 is 2.80 bits per heavy atom. The third kappa shape index (κ3) is 5.53. The van der Waals surface area contributed by atoms with Gasteiger partial charge in [0.25, 0.3) is 5.91 Å². The topological polar surface area (TPSA) is 118 Å². The molecule has 0 saturated carbocycles. The van der Waals surface area contributed by atoms with Gasteiger partial charge in [0.1, 0.15) is 24.1 Å². The van der Waals surface area contributed by atoms with Crippen LogP contribution in [-0.4, -0.2) is 90.3 Å². The smallest absolute Gasteiger partial charge is 0.252 e. The van der Waals surface area contributed by atoms with Crippen molar-refractivity contribution in [2.45, 2.75) is 69.5 Å². The summed E-state index contributed by atoms with van der Waals surface area (Å²) in [5, 5.41) is 23.4. The van der Waals surface area contributed by atoms with Crippen LogP contribution in [0.2, 0.25) is 0 Å². The first-order valence-electron chi connectivity index (χ1n) is 12.5. The van der Waals surface area contributed by atoms with E-state index < -0.39 is 30.3 Å². The van der Waals surface area contributed by atoms with Crippen LogP contribution in [-0.2, 0) is 19.1 Å². The summed E-state index contributed by atoms with van der Waals surface area (Å²) in [4.78, 5) is 28.3. The number of carbonyl (C=O) groups excluding carboxylic acids is 2.